The molecular weight excluding hydrogens is 228 g/mol. The highest BCUT2D eigenvalue weighted by Crippen LogP contribution is 2.18. The van der Waals surface area contributed by atoms with Crippen molar-refractivity contribution in [2.45, 2.75) is 12.8 Å². The van der Waals surface area contributed by atoms with Gasteiger partial charge in [-0.2, -0.15) is 12.7 Å². The molecule has 0 amide bonds. The molecule has 0 radical (unpaired) electrons. The van der Waals surface area contributed by atoms with E-state index in [1.54, 1.807) is 12.1 Å². The van der Waals surface area contributed by atoms with Crippen LogP contribution in [-0.4, -0.2) is 30.8 Å². The number of hydrogen-bond donors (Lipinski definition) is 2. The Hall–Kier alpha value is -1.34. The molecule has 0 aliphatic carbocycles. The molecule has 1 aliphatic heterocycles. The number of anilines is 2. The molecular formula is C9H14N4O2S. The normalized spacial score (nSPS) is 17.5. The molecule has 0 unspecified atom stereocenters. The lowest BCUT2D eigenvalue weighted by Gasteiger charge is -2.16. The summed E-state index contributed by atoms with van der Waals surface area (Å²) in [5.41, 5.74) is 5.94. The summed E-state index contributed by atoms with van der Waals surface area (Å²) in [6.45, 7) is 1.12. The van der Waals surface area contributed by atoms with Gasteiger partial charge >= 0.3 is 10.2 Å². The van der Waals surface area contributed by atoms with Crippen molar-refractivity contribution in [3.05, 3.63) is 18.3 Å². The first kappa shape index (κ1) is 11.2. The van der Waals surface area contributed by atoms with Crippen molar-refractivity contribution in [3.8, 4) is 0 Å². The second-order valence-corrected chi connectivity index (χ2v) is 5.33. The van der Waals surface area contributed by atoms with E-state index >= 15 is 0 Å². The fraction of sp³-hybridized carbons (Fsp3) is 0.444. The number of pyridine rings is 1. The molecule has 0 bridgehead atoms. The maximum Gasteiger partial charge on any atom is 0.302 e. The Morgan fingerprint density at radius 1 is 1.38 bits per heavy atom. The number of nitrogens with zero attached hydrogens (tertiary/aromatic N) is 2. The van der Waals surface area contributed by atoms with Gasteiger partial charge in [-0.25, -0.2) is 4.98 Å². The molecule has 1 aromatic rings. The quantitative estimate of drug-likeness (QED) is 0.803. The molecule has 3 N–H and O–H groups in total. The van der Waals surface area contributed by atoms with Gasteiger partial charge in [0.15, 0.2) is 5.82 Å². The lowest BCUT2D eigenvalue weighted by Crippen LogP contribution is -2.33. The number of nitrogens with one attached hydrogen (secondary N) is 1. The summed E-state index contributed by atoms with van der Waals surface area (Å²) < 4.78 is 27.5. The number of rotatable bonds is 3. The van der Waals surface area contributed by atoms with E-state index < -0.39 is 10.2 Å². The fourth-order valence-electron chi connectivity index (χ4n) is 1.62. The predicted molar refractivity (Wildman–Crippen MR) is 62.0 cm³/mol. The second-order valence-electron chi connectivity index (χ2n) is 3.65. The average Bonchev–Trinajstić information content (AvgIpc) is 2.75. The zero-order chi connectivity index (χ0) is 11.6. The minimum atomic E-state index is -3.49. The van der Waals surface area contributed by atoms with Crippen molar-refractivity contribution < 1.29 is 8.42 Å². The van der Waals surface area contributed by atoms with E-state index in [4.69, 9.17) is 5.73 Å². The molecule has 0 spiro atoms. The van der Waals surface area contributed by atoms with Crippen molar-refractivity contribution >= 4 is 21.7 Å². The summed E-state index contributed by atoms with van der Waals surface area (Å²) in [6, 6.07) is 3.26. The minimum absolute atomic E-state index is 0.189. The van der Waals surface area contributed by atoms with E-state index in [0.29, 0.717) is 18.8 Å². The molecule has 2 heterocycles. The van der Waals surface area contributed by atoms with E-state index in [0.717, 1.165) is 12.8 Å². The first-order valence-corrected chi connectivity index (χ1v) is 6.52. The summed E-state index contributed by atoms with van der Waals surface area (Å²) >= 11 is 0. The summed E-state index contributed by atoms with van der Waals surface area (Å²) in [7, 11) is -3.49. The van der Waals surface area contributed by atoms with Crippen LogP contribution in [0.1, 0.15) is 12.8 Å². The first-order valence-electron chi connectivity index (χ1n) is 5.08. The summed E-state index contributed by atoms with van der Waals surface area (Å²) in [5.74, 6) is 0.189. The van der Waals surface area contributed by atoms with Crippen molar-refractivity contribution in [2.75, 3.05) is 23.5 Å². The third kappa shape index (κ3) is 2.25. The third-order valence-corrected chi connectivity index (χ3v) is 3.97. The van der Waals surface area contributed by atoms with Crippen molar-refractivity contribution in [2.24, 2.45) is 0 Å². The lowest BCUT2D eigenvalue weighted by atomic mass is 10.4. The molecule has 1 fully saturated rings. The zero-order valence-corrected chi connectivity index (χ0v) is 9.57. The number of nitrogen functional groups attached to an aromatic ring is 1. The maximum absolute atomic E-state index is 11.9. The molecule has 1 saturated heterocycles. The number of hydrogen-bond acceptors (Lipinski definition) is 4. The second kappa shape index (κ2) is 4.26. The predicted octanol–water partition coefficient (Wildman–Crippen LogP) is 0.416. The maximum atomic E-state index is 11.9. The van der Waals surface area contributed by atoms with E-state index in [9.17, 15) is 8.42 Å². The molecule has 1 aromatic heterocycles. The van der Waals surface area contributed by atoms with Gasteiger partial charge in [-0.1, -0.05) is 0 Å². The van der Waals surface area contributed by atoms with Crippen LogP contribution < -0.4 is 10.5 Å². The largest absolute Gasteiger partial charge is 0.396 e. The van der Waals surface area contributed by atoms with E-state index in [-0.39, 0.29) is 5.82 Å². The van der Waals surface area contributed by atoms with Crippen LogP contribution in [0.15, 0.2) is 18.3 Å². The molecule has 2 rings (SSSR count). The highest BCUT2D eigenvalue weighted by atomic mass is 32.2. The van der Waals surface area contributed by atoms with E-state index in [2.05, 4.69) is 9.71 Å². The SMILES string of the molecule is Nc1cccnc1NS(=O)(=O)N1CCCC1. The zero-order valence-electron chi connectivity index (χ0n) is 8.76. The Balaban J connectivity index is 2.18. The van der Waals surface area contributed by atoms with Gasteiger partial charge in [0.05, 0.1) is 5.69 Å². The average molecular weight is 242 g/mol. The Bertz CT molecular complexity index is 468. The van der Waals surface area contributed by atoms with Crippen LogP contribution in [-0.2, 0) is 10.2 Å². The van der Waals surface area contributed by atoms with Gasteiger partial charge in [0.2, 0.25) is 0 Å². The van der Waals surface area contributed by atoms with Crippen LogP contribution in [0.3, 0.4) is 0 Å². The molecule has 0 saturated carbocycles. The summed E-state index contributed by atoms with van der Waals surface area (Å²) in [6.07, 6.45) is 3.30. The molecule has 6 nitrogen and oxygen atoms in total. The van der Waals surface area contributed by atoms with Crippen LogP contribution >= 0.6 is 0 Å². The van der Waals surface area contributed by atoms with Crippen LogP contribution in [0.2, 0.25) is 0 Å². The van der Waals surface area contributed by atoms with Crippen LogP contribution in [0, 0.1) is 0 Å². The van der Waals surface area contributed by atoms with Crippen LogP contribution in [0.5, 0.6) is 0 Å². The van der Waals surface area contributed by atoms with Gasteiger partial charge in [-0.15, -0.1) is 0 Å². The Morgan fingerprint density at radius 3 is 2.69 bits per heavy atom. The highest BCUT2D eigenvalue weighted by molar-refractivity contribution is 7.90. The van der Waals surface area contributed by atoms with Crippen molar-refractivity contribution in [1.29, 1.82) is 0 Å². The summed E-state index contributed by atoms with van der Waals surface area (Å²) in [5, 5.41) is 0. The van der Waals surface area contributed by atoms with Crippen LogP contribution in [0.25, 0.3) is 0 Å². The third-order valence-electron chi connectivity index (χ3n) is 2.47. The van der Waals surface area contributed by atoms with Crippen LogP contribution in [0.4, 0.5) is 11.5 Å². The fourth-order valence-corrected chi connectivity index (χ4v) is 2.90. The Kier molecular flexibility index (Phi) is 2.97. The summed E-state index contributed by atoms with van der Waals surface area (Å²) in [4.78, 5) is 3.89. The molecule has 16 heavy (non-hydrogen) atoms. The molecule has 1 aliphatic rings. The van der Waals surface area contributed by atoms with Gasteiger partial charge in [-0.3, -0.25) is 4.72 Å². The first-order chi connectivity index (χ1) is 7.59. The number of aromatic nitrogens is 1. The van der Waals surface area contributed by atoms with Gasteiger partial charge in [-0.05, 0) is 25.0 Å². The highest BCUT2D eigenvalue weighted by Gasteiger charge is 2.25. The minimum Gasteiger partial charge on any atom is -0.396 e. The van der Waals surface area contributed by atoms with E-state index in [1.807, 2.05) is 0 Å². The van der Waals surface area contributed by atoms with Gasteiger partial charge < -0.3 is 5.73 Å². The van der Waals surface area contributed by atoms with Crippen molar-refractivity contribution in [3.63, 3.8) is 0 Å². The Labute approximate surface area is 94.7 Å². The smallest absolute Gasteiger partial charge is 0.302 e. The van der Waals surface area contributed by atoms with Gasteiger partial charge in [0.1, 0.15) is 0 Å². The molecule has 88 valence electrons. The Morgan fingerprint density at radius 2 is 2.06 bits per heavy atom. The van der Waals surface area contributed by atoms with Gasteiger partial charge in [0.25, 0.3) is 0 Å². The molecule has 7 heteroatoms. The van der Waals surface area contributed by atoms with Crippen molar-refractivity contribution in [1.82, 2.24) is 9.29 Å². The molecule has 0 atom stereocenters. The topological polar surface area (TPSA) is 88.3 Å². The molecule has 0 aromatic carbocycles. The number of nitrogens with two attached hydrogens (primary N) is 1. The lowest BCUT2D eigenvalue weighted by molar-refractivity contribution is 0.482. The van der Waals surface area contributed by atoms with Gasteiger partial charge in [0, 0.05) is 19.3 Å². The monoisotopic (exact) mass is 242 g/mol. The van der Waals surface area contributed by atoms with E-state index in [1.165, 1.54) is 10.5 Å². The standard InChI is InChI=1S/C9H14N4O2S/c10-8-4-3-5-11-9(8)12-16(14,15)13-6-1-2-7-13/h3-5H,1-2,6-7,10H2,(H,11,12).